The number of hydrogen-bond acceptors (Lipinski definition) is 5. The average Bonchev–Trinajstić information content (AvgIpc) is 2.87. The van der Waals surface area contributed by atoms with Crippen molar-refractivity contribution in [3.63, 3.8) is 0 Å². The third-order valence-corrected chi connectivity index (χ3v) is 10.9. The van der Waals surface area contributed by atoms with Crippen molar-refractivity contribution in [2.75, 3.05) is 11.4 Å². The van der Waals surface area contributed by atoms with Gasteiger partial charge in [-0.25, -0.2) is 9.78 Å². The Labute approximate surface area is 225 Å². The molecule has 1 aromatic carbocycles. The zero-order chi connectivity index (χ0) is 26.0. The molecule has 4 heterocycles. The first-order valence-corrected chi connectivity index (χ1v) is 15.3. The van der Waals surface area contributed by atoms with Crippen LogP contribution in [0.4, 0.5) is 5.82 Å². The molecule has 3 saturated heterocycles. The number of carbonyl (C=O) groups is 1. The van der Waals surface area contributed by atoms with Gasteiger partial charge in [0.25, 0.3) is 5.56 Å². The molecule has 38 heavy (non-hydrogen) atoms. The summed E-state index contributed by atoms with van der Waals surface area (Å²) in [6, 6.07) is 9.21. The van der Waals surface area contributed by atoms with Gasteiger partial charge < -0.3 is 14.6 Å². The van der Waals surface area contributed by atoms with E-state index in [2.05, 4.69) is 11.8 Å². The number of fused-ring (bicyclic) bond motifs is 5. The summed E-state index contributed by atoms with van der Waals surface area (Å²) in [5.41, 5.74) is 1.57. The predicted octanol–water partition coefficient (Wildman–Crippen LogP) is 5.22. The molecule has 204 valence electrons. The molecule has 4 bridgehead atoms. The van der Waals surface area contributed by atoms with Crippen molar-refractivity contribution in [1.82, 2.24) is 14.5 Å². The summed E-state index contributed by atoms with van der Waals surface area (Å²) in [5, 5.41) is 9.65. The largest absolute Gasteiger partial charge is 0.480 e. The van der Waals surface area contributed by atoms with E-state index < -0.39 is 12.0 Å². The molecule has 1 N–H and O–H groups in total. The molecular weight excluding hydrogens is 476 g/mol. The summed E-state index contributed by atoms with van der Waals surface area (Å²) in [4.78, 5) is 35.2. The molecule has 2 aromatic rings. The van der Waals surface area contributed by atoms with Gasteiger partial charge in [0.2, 0.25) is 0 Å². The predicted molar refractivity (Wildman–Crippen MR) is 149 cm³/mol. The zero-order valence-corrected chi connectivity index (χ0v) is 22.7. The maximum absolute atomic E-state index is 14.0. The normalized spacial score (nSPS) is 37.1. The van der Waals surface area contributed by atoms with Crippen LogP contribution in [0.15, 0.2) is 29.1 Å². The molecule has 2 aliphatic carbocycles. The number of piperidine rings is 2. The van der Waals surface area contributed by atoms with E-state index in [9.17, 15) is 14.7 Å². The van der Waals surface area contributed by atoms with Gasteiger partial charge in [0.05, 0.1) is 11.0 Å². The van der Waals surface area contributed by atoms with Crippen LogP contribution < -0.4 is 10.5 Å². The van der Waals surface area contributed by atoms with Crippen LogP contribution in [0.5, 0.6) is 0 Å². The fourth-order valence-corrected chi connectivity index (χ4v) is 9.31. The second-order valence-electron chi connectivity index (χ2n) is 13.1. The molecule has 5 aliphatic rings. The van der Waals surface area contributed by atoms with Crippen LogP contribution in [0.2, 0.25) is 0 Å². The minimum absolute atomic E-state index is 0.107. The molecule has 3 aliphatic heterocycles. The third kappa shape index (κ3) is 4.07. The number of aromatic nitrogens is 2. The standard InChI is InChI=1S/C31H42N4O3/c1-2-19-12-20-14-21(13-19)16-24(15-20)34-22-6-5-7-23(34)18-25(17-22)35-27-9-4-3-8-26(27)32-29(30(35)36)33-11-10-28(33)31(37)38/h3-4,8-9,19-25,28H,2,5-7,10-18H2,1H3,(H,37,38)/t19-,20-,21+,22-,23+,24+,25+,28-/m1/s1. The molecule has 0 unspecified atom stereocenters. The highest BCUT2D eigenvalue weighted by Crippen LogP contribution is 2.49. The maximum atomic E-state index is 14.0. The molecule has 0 spiro atoms. The molecule has 7 nitrogen and oxygen atoms in total. The maximum Gasteiger partial charge on any atom is 0.326 e. The Bertz CT molecular complexity index is 1250. The van der Waals surface area contributed by atoms with Crippen molar-refractivity contribution >= 4 is 22.8 Å². The van der Waals surface area contributed by atoms with Gasteiger partial charge in [-0.2, -0.15) is 0 Å². The number of para-hydroxylation sites is 2. The van der Waals surface area contributed by atoms with Crippen molar-refractivity contribution < 1.29 is 9.90 Å². The van der Waals surface area contributed by atoms with E-state index >= 15 is 0 Å². The molecule has 0 radical (unpaired) electrons. The minimum atomic E-state index is -0.873. The lowest BCUT2D eigenvalue weighted by Gasteiger charge is -2.56. The third-order valence-electron chi connectivity index (χ3n) is 10.9. The second kappa shape index (κ2) is 9.65. The number of carboxylic acids is 1. The van der Waals surface area contributed by atoms with Gasteiger partial charge in [0, 0.05) is 30.7 Å². The topological polar surface area (TPSA) is 78.7 Å². The molecule has 2 saturated carbocycles. The van der Waals surface area contributed by atoms with E-state index in [0.29, 0.717) is 36.9 Å². The van der Waals surface area contributed by atoms with Gasteiger partial charge in [-0.15, -0.1) is 0 Å². The summed E-state index contributed by atoms with van der Waals surface area (Å²) >= 11 is 0. The van der Waals surface area contributed by atoms with Gasteiger partial charge in [0.1, 0.15) is 6.04 Å². The Hall–Kier alpha value is -2.41. The highest BCUT2D eigenvalue weighted by Gasteiger charge is 2.46. The Balaban J connectivity index is 1.20. The molecular formula is C31H42N4O3. The lowest BCUT2D eigenvalue weighted by atomic mass is 9.64. The summed E-state index contributed by atoms with van der Waals surface area (Å²) in [6.45, 7) is 2.95. The van der Waals surface area contributed by atoms with Crippen molar-refractivity contribution in [2.45, 2.75) is 114 Å². The number of hydrogen-bond donors (Lipinski definition) is 1. The van der Waals surface area contributed by atoms with Crippen molar-refractivity contribution in [1.29, 1.82) is 0 Å². The number of carboxylic acid groups (broad SMARTS) is 1. The number of nitrogens with zero attached hydrogens (tertiary/aromatic N) is 4. The van der Waals surface area contributed by atoms with Crippen LogP contribution in [0, 0.1) is 17.8 Å². The second-order valence-corrected chi connectivity index (χ2v) is 13.1. The van der Waals surface area contributed by atoms with Crippen LogP contribution in [-0.4, -0.2) is 56.2 Å². The Kier molecular flexibility index (Phi) is 6.25. The van der Waals surface area contributed by atoms with E-state index in [-0.39, 0.29) is 11.6 Å². The zero-order valence-electron chi connectivity index (χ0n) is 22.7. The van der Waals surface area contributed by atoms with Crippen LogP contribution in [-0.2, 0) is 4.79 Å². The lowest BCUT2D eigenvalue weighted by Crippen LogP contribution is -2.59. The average molecular weight is 519 g/mol. The van der Waals surface area contributed by atoms with Crippen LogP contribution >= 0.6 is 0 Å². The van der Waals surface area contributed by atoms with Crippen LogP contribution in [0.1, 0.15) is 90.0 Å². The van der Waals surface area contributed by atoms with Gasteiger partial charge in [-0.05, 0) is 94.1 Å². The van der Waals surface area contributed by atoms with E-state index in [1.54, 1.807) is 4.90 Å². The number of benzene rings is 1. The number of rotatable bonds is 5. The first kappa shape index (κ1) is 24.6. The Morgan fingerprint density at radius 1 is 0.921 bits per heavy atom. The van der Waals surface area contributed by atoms with E-state index in [4.69, 9.17) is 4.98 Å². The van der Waals surface area contributed by atoms with Gasteiger partial charge in [-0.1, -0.05) is 31.9 Å². The summed E-state index contributed by atoms with van der Waals surface area (Å²) < 4.78 is 2.01. The highest BCUT2D eigenvalue weighted by atomic mass is 16.4. The molecule has 1 aromatic heterocycles. The van der Waals surface area contributed by atoms with Crippen molar-refractivity contribution in [3.8, 4) is 0 Å². The Morgan fingerprint density at radius 3 is 2.26 bits per heavy atom. The minimum Gasteiger partial charge on any atom is -0.480 e. The fraction of sp³-hybridized carbons (Fsp3) is 0.710. The molecule has 8 atom stereocenters. The first-order chi connectivity index (χ1) is 18.5. The van der Waals surface area contributed by atoms with Crippen LogP contribution in [0.3, 0.4) is 0 Å². The molecule has 0 amide bonds. The summed E-state index contributed by atoms with van der Waals surface area (Å²) in [7, 11) is 0. The number of anilines is 1. The summed E-state index contributed by atoms with van der Waals surface area (Å²) in [5.74, 6) is 2.20. The Morgan fingerprint density at radius 2 is 1.63 bits per heavy atom. The first-order valence-electron chi connectivity index (χ1n) is 15.3. The lowest BCUT2D eigenvalue weighted by molar-refractivity contribution is -0.140. The van der Waals surface area contributed by atoms with Gasteiger partial charge in [-0.3, -0.25) is 9.69 Å². The fourth-order valence-electron chi connectivity index (χ4n) is 9.31. The van der Waals surface area contributed by atoms with E-state index in [1.807, 2.05) is 28.8 Å². The molecule has 7 heteroatoms. The van der Waals surface area contributed by atoms with Crippen LogP contribution in [0.25, 0.3) is 11.0 Å². The molecule has 7 rings (SSSR count). The quantitative estimate of drug-likeness (QED) is 0.585. The summed E-state index contributed by atoms with van der Waals surface area (Å²) in [6.07, 6.45) is 14.7. The monoisotopic (exact) mass is 518 g/mol. The van der Waals surface area contributed by atoms with E-state index in [1.165, 1.54) is 57.8 Å². The highest BCUT2D eigenvalue weighted by molar-refractivity contribution is 5.81. The van der Waals surface area contributed by atoms with E-state index in [0.717, 1.165) is 41.6 Å². The number of aliphatic carboxylic acids is 1. The van der Waals surface area contributed by atoms with Gasteiger partial charge >= 0.3 is 5.97 Å². The SMILES string of the molecule is CC[C@@H]1C[C@@H]2C[C@H](C1)C[C@@H](N1[C@@H]3CCC[C@H]1C[C@@H](n1c(=O)c(N4CC[C@@H]4C(=O)O)nc4ccccc41)C3)C2. The smallest absolute Gasteiger partial charge is 0.326 e. The van der Waals surface area contributed by atoms with Crippen molar-refractivity contribution in [2.24, 2.45) is 17.8 Å². The van der Waals surface area contributed by atoms with Crippen molar-refractivity contribution in [3.05, 3.63) is 34.6 Å². The molecule has 5 fully saturated rings. The van der Waals surface area contributed by atoms with Gasteiger partial charge in [0.15, 0.2) is 5.82 Å².